The first-order valence-electron chi connectivity index (χ1n) is 9.35. The Kier molecular flexibility index (Phi) is 6.67. The van der Waals surface area contributed by atoms with Crippen LogP contribution in [0.25, 0.3) is 0 Å². The van der Waals surface area contributed by atoms with Gasteiger partial charge in [-0.15, -0.1) is 0 Å². The van der Waals surface area contributed by atoms with Crippen molar-refractivity contribution in [3.63, 3.8) is 0 Å². The number of hydrogen-bond donors (Lipinski definition) is 1. The SMILES string of the molecule is COc1ccc([C@H](CCNS(=O)(=O)c2ccc(C)cc2)c2ccc(F)cc2)cc1. The highest BCUT2D eigenvalue weighted by Gasteiger charge is 2.18. The van der Waals surface area contributed by atoms with Gasteiger partial charge in [0, 0.05) is 12.5 Å². The minimum atomic E-state index is -3.58. The molecule has 0 radical (unpaired) electrons. The molecule has 0 fully saturated rings. The molecule has 0 aliphatic heterocycles. The van der Waals surface area contributed by atoms with Crippen molar-refractivity contribution in [3.05, 3.63) is 95.3 Å². The Balaban J connectivity index is 1.77. The van der Waals surface area contributed by atoms with Crippen molar-refractivity contribution >= 4 is 10.0 Å². The van der Waals surface area contributed by atoms with E-state index in [-0.39, 0.29) is 23.2 Å². The van der Waals surface area contributed by atoms with Crippen LogP contribution >= 0.6 is 0 Å². The van der Waals surface area contributed by atoms with E-state index in [1.54, 1.807) is 43.5 Å². The normalized spacial score (nSPS) is 12.5. The lowest BCUT2D eigenvalue weighted by molar-refractivity contribution is 0.414. The van der Waals surface area contributed by atoms with Crippen molar-refractivity contribution in [3.8, 4) is 5.75 Å². The first-order chi connectivity index (χ1) is 13.9. The highest BCUT2D eigenvalue weighted by molar-refractivity contribution is 7.89. The molecule has 3 rings (SSSR count). The lowest BCUT2D eigenvalue weighted by atomic mass is 9.88. The quantitative estimate of drug-likeness (QED) is 0.585. The molecule has 0 aliphatic carbocycles. The van der Waals surface area contributed by atoms with E-state index in [4.69, 9.17) is 4.74 Å². The number of ether oxygens (including phenoxy) is 1. The van der Waals surface area contributed by atoms with E-state index in [0.717, 1.165) is 22.4 Å². The van der Waals surface area contributed by atoms with Crippen LogP contribution in [0.5, 0.6) is 5.75 Å². The van der Waals surface area contributed by atoms with Crippen LogP contribution in [0.2, 0.25) is 0 Å². The summed E-state index contributed by atoms with van der Waals surface area (Å²) in [6, 6.07) is 20.7. The average Bonchev–Trinajstić information content (AvgIpc) is 2.72. The minimum absolute atomic E-state index is 0.0813. The summed E-state index contributed by atoms with van der Waals surface area (Å²) in [7, 11) is -1.98. The highest BCUT2D eigenvalue weighted by Crippen LogP contribution is 2.29. The molecule has 0 saturated carbocycles. The zero-order valence-electron chi connectivity index (χ0n) is 16.4. The summed E-state index contributed by atoms with van der Waals surface area (Å²) >= 11 is 0. The zero-order chi connectivity index (χ0) is 20.9. The Hall–Kier alpha value is -2.70. The highest BCUT2D eigenvalue weighted by atomic mass is 32.2. The number of methoxy groups -OCH3 is 1. The molecule has 0 amide bonds. The number of aryl methyl sites for hydroxylation is 1. The second-order valence-electron chi connectivity index (χ2n) is 6.88. The van der Waals surface area contributed by atoms with E-state index in [0.29, 0.717) is 6.42 Å². The van der Waals surface area contributed by atoms with Crippen molar-refractivity contribution in [1.29, 1.82) is 0 Å². The fourth-order valence-electron chi connectivity index (χ4n) is 3.20. The molecule has 4 nitrogen and oxygen atoms in total. The predicted octanol–water partition coefficient (Wildman–Crippen LogP) is 4.64. The van der Waals surface area contributed by atoms with Gasteiger partial charge in [0.05, 0.1) is 12.0 Å². The van der Waals surface area contributed by atoms with Gasteiger partial charge in [-0.1, -0.05) is 42.0 Å². The number of hydrogen-bond acceptors (Lipinski definition) is 3. The van der Waals surface area contributed by atoms with Gasteiger partial charge in [-0.3, -0.25) is 0 Å². The maximum Gasteiger partial charge on any atom is 0.240 e. The van der Waals surface area contributed by atoms with Gasteiger partial charge in [0.1, 0.15) is 11.6 Å². The third kappa shape index (κ3) is 5.43. The van der Waals surface area contributed by atoms with Crippen molar-refractivity contribution in [2.24, 2.45) is 0 Å². The topological polar surface area (TPSA) is 55.4 Å². The zero-order valence-corrected chi connectivity index (χ0v) is 17.2. The van der Waals surface area contributed by atoms with Crippen LogP contribution < -0.4 is 9.46 Å². The number of rotatable bonds is 8. The van der Waals surface area contributed by atoms with Crippen LogP contribution in [0.3, 0.4) is 0 Å². The molecule has 0 aliphatic rings. The molecule has 1 N–H and O–H groups in total. The van der Waals surface area contributed by atoms with Crippen LogP contribution in [-0.4, -0.2) is 22.1 Å². The Bertz CT molecular complexity index is 1030. The van der Waals surface area contributed by atoms with Crippen LogP contribution in [0.4, 0.5) is 4.39 Å². The third-order valence-electron chi connectivity index (χ3n) is 4.85. The van der Waals surface area contributed by atoms with E-state index in [1.165, 1.54) is 12.1 Å². The molecule has 152 valence electrons. The van der Waals surface area contributed by atoms with Crippen LogP contribution in [0.1, 0.15) is 29.0 Å². The minimum Gasteiger partial charge on any atom is -0.497 e. The standard InChI is InChI=1S/C23H24FNO3S/c1-17-3-13-22(14-4-17)29(26,27)25-16-15-23(18-5-9-20(24)10-6-18)19-7-11-21(28-2)12-8-19/h3-14,23,25H,15-16H2,1-2H3/t23-/m1/s1. The Morgan fingerprint density at radius 2 is 1.45 bits per heavy atom. The summed E-state index contributed by atoms with van der Waals surface area (Å²) in [5.41, 5.74) is 2.93. The second kappa shape index (κ2) is 9.20. The Labute approximate surface area is 171 Å². The molecular formula is C23H24FNO3S. The summed E-state index contributed by atoms with van der Waals surface area (Å²) in [5.74, 6) is 0.358. The second-order valence-corrected chi connectivity index (χ2v) is 8.64. The molecule has 29 heavy (non-hydrogen) atoms. The maximum absolute atomic E-state index is 13.4. The fraction of sp³-hybridized carbons (Fsp3) is 0.217. The van der Waals surface area contributed by atoms with E-state index < -0.39 is 10.0 Å². The lowest BCUT2D eigenvalue weighted by Crippen LogP contribution is -2.26. The summed E-state index contributed by atoms with van der Waals surface area (Å²) in [6.07, 6.45) is 0.531. The molecular weight excluding hydrogens is 389 g/mol. The molecule has 0 unspecified atom stereocenters. The van der Waals surface area contributed by atoms with Gasteiger partial charge in [0.15, 0.2) is 0 Å². The van der Waals surface area contributed by atoms with Gasteiger partial charge >= 0.3 is 0 Å². The largest absolute Gasteiger partial charge is 0.497 e. The first kappa shape index (κ1) is 21.0. The maximum atomic E-state index is 13.4. The van der Waals surface area contributed by atoms with E-state index in [2.05, 4.69) is 4.72 Å². The molecule has 0 saturated heterocycles. The van der Waals surface area contributed by atoms with Gasteiger partial charge in [-0.2, -0.15) is 0 Å². The Morgan fingerprint density at radius 1 is 0.897 bits per heavy atom. The number of sulfonamides is 1. The fourth-order valence-corrected chi connectivity index (χ4v) is 4.24. The van der Waals surface area contributed by atoms with E-state index in [1.807, 2.05) is 31.2 Å². The predicted molar refractivity (Wildman–Crippen MR) is 112 cm³/mol. The summed E-state index contributed by atoms with van der Waals surface area (Å²) in [4.78, 5) is 0.242. The molecule has 3 aromatic rings. The molecule has 1 atom stereocenters. The van der Waals surface area contributed by atoms with Crippen LogP contribution in [0, 0.1) is 12.7 Å². The van der Waals surface area contributed by atoms with Gasteiger partial charge in [0.25, 0.3) is 0 Å². The first-order valence-corrected chi connectivity index (χ1v) is 10.8. The molecule has 3 aromatic carbocycles. The molecule has 0 aromatic heterocycles. The number of halogens is 1. The van der Waals surface area contributed by atoms with Crippen molar-refractivity contribution < 1.29 is 17.5 Å². The van der Waals surface area contributed by atoms with E-state index >= 15 is 0 Å². The number of benzene rings is 3. The smallest absolute Gasteiger partial charge is 0.240 e. The Morgan fingerprint density at radius 3 is 2.00 bits per heavy atom. The van der Waals surface area contributed by atoms with Crippen molar-refractivity contribution in [2.75, 3.05) is 13.7 Å². The van der Waals surface area contributed by atoms with E-state index in [9.17, 15) is 12.8 Å². The monoisotopic (exact) mass is 413 g/mol. The van der Waals surface area contributed by atoms with Crippen molar-refractivity contribution in [1.82, 2.24) is 4.72 Å². The van der Waals surface area contributed by atoms with Crippen LogP contribution in [0.15, 0.2) is 77.7 Å². The molecule has 0 spiro atoms. The van der Waals surface area contributed by atoms with Crippen molar-refractivity contribution in [2.45, 2.75) is 24.2 Å². The molecule has 6 heteroatoms. The van der Waals surface area contributed by atoms with Gasteiger partial charge in [-0.25, -0.2) is 17.5 Å². The van der Waals surface area contributed by atoms with Gasteiger partial charge < -0.3 is 4.74 Å². The van der Waals surface area contributed by atoms with Crippen LogP contribution in [-0.2, 0) is 10.0 Å². The lowest BCUT2D eigenvalue weighted by Gasteiger charge is -2.19. The van der Waals surface area contributed by atoms with Gasteiger partial charge in [-0.05, 0) is 60.9 Å². The van der Waals surface area contributed by atoms with Gasteiger partial charge in [0.2, 0.25) is 10.0 Å². The molecule has 0 heterocycles. The summed E-state index contributed by atoms with van der Waals surface area (Å²) in [5, 5.41) is 0. The average molecular weight is 414 g/mol. The summed E-state index contributed by atoms with van der Waals surface area (Å²) in [6.45, 7) is 2.16. The summed E-state index contributed by atoms with van der Waals surface area (Å²) < 4.78 is 46.3. The molecule has 0 bridgehead atoms. The third-order valence-corrected chi connectivity index (χ3v) is 6.32. The number of nitrogens with one attached hydrogen (secondary N) is 1.